The average Bonchev–Trinajstić information content (AvgIpc) is 2.75. The van der Waals surface area contributed by atoms with Crippen LogP contribution in [0.4, 0.5) is 0 Å². The van der Waals surface area contributed by atoms with Crippen molar-refractivity contribution in [2.24, 2.45) is 29.1 Å². The Hall–Kier alpha value is -0.780. The van der Waals surface area contributed by atoms with Crippen LogP contribution >= 0.6 is 0 Å². The molecular weight excluding hydrogens is 216 g/mol. The fourth-order valence-corrected chi connectivity index (χ4v) is 6.37. The second kappa shape index (κ2) is 3.21. The second-order valence-corrected chi connectivity index (χ2v) is 7.66. The molecule has 4 saturated carbocycles. The summed E-state index contributed by atoms with van der Waals surface area (Å²) in [7, 11) is 0. The highest BCUT2D eigenvalue weighted by atomic mass is 14.6. The standard InChI is InChI=1S/C18H22/c1-2-4-15-11-18(10-14(15)3-1)16-6-12-5-13(8-16)9-17(18)7-12/h1-4,12-13,16-17H,5-11H2. The molecule has 1 spiro atoms. The fraction of sp³-hybridized carbons (Fsp3) is 0.667. The Bertz CT molecular complexity index is 444. The molecule has 1 aromatic carbocycles. The zero-order valence-electron chi connectivity index (χ0n) is 11.1. The van der Waals surface area contributed by atoms with Crippen molar-refractivity contribution < 1.29 is 0 Å². The fourth-order valence-electron chi connectivity index (χ4n) is 6.37. The first-order chi connectivity index (χ1) is 8.83. The Morgan fingerprint density at radius 2 is 1.22 bits per heavy atom. The third-order valence-corrected chi connectivity index (χ3v) is 6.92. The van der Waals surface area contributed by atoms with Gasteiger partial charge in [0.05, 0.1) is 0 Å². The highest BCUT2D eigenvalue weighted by molar-refractivity contribution is 5.36. The third-order valence-electron chi connectivity index (χ3n) is 6.92. The molecule has 0 heterocycles. The smallest absolute Gasteiger partial charge is 0.0160 e. The van der Waals surface area contributed by atoms with Gasteiger partial charge in [-0.25, -0.2) is 0 Å². The Kier molecular flexibility index (Phi) is 1.79. The van der Waals surface area contributed by atoms with Crippen LogP contribution in [-0.4, -0.2) is 0 Å². The predicted octanol–water partition coefficient (Wildman–Crippen LogP) is 4.23. The van der Waals surface area contributed by atoms with Crippen LogP contribution in [0, 0.1) is 29.1 Å². The van der Waals surface area contributed by atoms with Gasteiger partial charge in [0.1, 0.15) is 0 Å². The zero-order valence-corrected chi connectivity index (χ0v) is 11.1. The summed E-state index contributed by atoms with van der Waals surface area (Å²) >= 11 is 0. The summed E-state index contributed by atoms with van der Waals surface area (Å²) in [5.41, 5.74) is 4.08. The lowest BCUT2D eigenvalue weighted by molar-refractivity contribution is -0.103. The van der Waals surface area contributed by atoms with E-state index in [0.717, 1.165) is 23.7 Å². The molecule has 1 aromatic rings. The van der Waals surface area contributed by atoms with Crippen molar-refractivity contribution in [3.63, 3.8) is 0 Å². The van der Waals surface area contributed by atoms with Crippen LogP contribution in [0.25, 0.3) is 0 Å². The van der Waals surface area contributed by atoms with Crippen molar-refractivity contribution in [3.05, 3.63) is 35.4 Å². The molecule has 0 radical (unpaired) electrons. The maximum Gasteiger partial charge on any atom is -0.0160 e. The monoisotopic (exact) mass is 238 g/mol. The minimum atomic E-state index is 0.705. The number of benzene rings is 1. The largest absolute Gasteiger partial charge is 0.0620 e. The lowest BCUT2D eigenvalue weighted by atomic mass is 9.44. The lowest BCUT2D eigenvalue weighted by Crippen LogP contribution is -2.53. The Balaban J connectivity index is 1.58. The van der Waals surface area contributed by atoms with Crippen LogP contribution in [-0.2, 0) is 12.8 Å². The van der Waals surface area contributed by atoms with Gasteiger partial charge in [0.15, 0.2) is 0 Å². The summed E-state index contributed by atoms with van der Waals surface area (Å²) < 4.78 is 0. The van der Waals surface area contributed by atoms with Gasteiger partial charge in [-0.2, -0.15) is 0 Å². The van der Waals surface area contributed by atoms with E-state index in [1.807, 2.05) is 0 Å². The molecule has 0 atom stereocenters. The topological polar surface area (TPSA) is 0 Å². The zero-order chi connectivity index (χ0) is 11.7. The first kappa shape index (κ1) is 10.1. The number of hydrogen-bond donors (Lipinski definition) is 0. The van der Waals surface area contributed by atoms with Crippen LogP contribution in [0.5, 0.6) is 0 Å². The van der Waals surface area contributed by atoms with Crippen molar-refractivity contribution in [2.75, 3.05) is 0 Å². The summed E-state index contributed by atoms with van der Waals surface area (Å²) in [6.45, 7) is 0. The van der Waals surface area contributed by atoms with Crippen LogP contribution < -0.4 is 0 Å². The number of hydrogen-bond acceptors (Lipinski definition) is 0. The van der Waals surface area contributed by atoms with Crippen LogP contribution in [0.3, 0.4) is 0 Å². The van der Waals surface area contributed by atoms with Crippen LogP contribution in [0.15, 0.2) is 24.3 Å². The normalized spacial score (nSPS) is 42.4. The number of fused-ring (bicyclic) bond motifs is 1. The molecule has 0 heteroatoms. The van der Waals surface area contributed by atoms with E-state index in [-0.39, 0.29) is 0 Å². The van der Waals surface area contributed by atoms with Crippen molar-refractivity contribution in [1.29, 1.82) is 0 Å². The van der Waals surface area contributed by atoms with Gasteiger partial charge in [0, 0.05) is 0 Å². The molecule has 5 aliphatic rings. The molecule has 6 rings (SSSR count). The number of rotatable bonds is 0. The highest BCUT2D eigenvalue weighted by Crippen LogP contribution is 2.65. The van der Waals surface area contributed by atoms with Gasteiger partial charge in [-0.1, -0.05) is 24.3 Å². The molecule has 4 fully saturated rings. The van der Waals surface area contributed by atoms with Crippen molar-refractivity contribution in [2.45, 2.75) is 44.9 Å². The molecule has 5 aliphatic carbocycles. The van der Waals surface area contributed by atoms with E-state index in [9.17, 15) is 0 Å². The molecule has 18 heavy (non-hydrogen) atoms. The summed E-state index contributed by atoms with van der Waals surface area (Å²) in [4.78, 5) is 0. The third kappa shape index (κ3) is 1.13. The van der Waals surface area contributed by atoms with Gasteiger partial charge in [0.2, 0.25) is 0 Å². The Morgan fingerprint density at radius 3 is 1.72 bits per heavy atom. The Morgan fingerprint density at radius 1 is 0.722 bits per heavy atom. The van der Waals surface area contributed by atoms with Gasteiger partial charge in [0.25, 0.3) is 0 Å². The molecular formula is C18H22. The van der Waals surface area contributed by atoms with E-state index in [0.29, 0.717) is 5.41 Å². The van der Waals surface area contributed by atoms with E-state index in [2.05, 4.69) is 24.3 Å². The first-order valence-corrected chi connectivity index (χ1v) is 7.90. The minimum absolute atomic E-state index is 0.705. The summed E-state index contributed by atoms with van der Waals surface area (Å²) in [5.74, 6) is 4.37. The molecule has 0 nitrogen and oxygen atoms in total. The predicted molar refractivity (Wildman–Crippen MR) is 73.3 cm³/mol. The second-order valence-electron chi connectivity index (χ2n) is 7.66. The van der Waals surface area contributed by atoms with E-state index >= 15 is 0 Å². The van der Waals surface area contributed by atoms with Gasteiger partial charge < -0.3 is 0 Å². The SMILES string of the molecule is c1ccc2c(c1)CC1(C2)C2CC3CC(C2)CC1C3. The molecule has 0 amide bonds. The van der Waals surface area contributed by atoms with Gasteiger partial charge in [-0.15, -0.1) is 0 Å². The molecule has 0 unspecified atom stereocenters. The lowest BCUT2D eigenvalue weighted by Gasteiger charge is -2.60. The van der Waals surface area contributed by atoms with Crippen LogP contribution in [0.1, 0.15) is 43.2 Å². The van der Waals surface area contributed by atoms with E-state index in [1.54, 1.807) is 43.2 Å². The first-order valence-electron chi connectivity index (χ1n) is 7.90. The summed E-state index contributed by atoms with van der Waals surface area (Å²) in [6, 6.07) is 9.28. The van der Waals surface area contributed by atoms with Crippen molar-refractivity contribution in [3.8, 4) is 0 Å². The average molecular weight is 238 g/mol. The summed E-state index contributed by atoms with van der Waals surface area (Å²) in [6.07, 6.45) is 10.7. The van der Waals surface area contributed by atoms with Crippen LogP contribution in [0.2, 0.25) is 0 Å². The molecule has 4 bridgehead atoms. The minimum Gasteiger partial charge on any atom is -0.0620 e. The molecule has 0 aliphatic heterocycles. The maximum absolute atomic E-state index is 2.40. The highest BCUT2D eigenvalue weighted by Gasteiger charge is 2.58. The molecule has 94 valence electrons. The molecule has 0 N–H and O–H groups in total. The van der Waals surface area contributed by atoms with E-state index in [4.69, 9.17) is 0 Å². The van der Waals surface area contributed by atoms with E-state index < -0.39 is 0 Å². The van der Waals surface area contributed by atoms with Gasteiger partial charge in [-0.3, -0.25) is 0 Å². The van der Waals surface area contributed by atoms with Crippen molar-refractivity contribution >= 4 is 0 Å². The van der Waals surface area contributed by atoms with Gasteiger partial charge in [-0.05, 0) is 85.2 Å². The quantitative estimate of drug-likeness (QED) is 0.634. The molecule has 0 aromatic heterocycles. The van der Waals surface area contributed by atoms with Crippen molar-refractivity contribution in [1.82, 2.24) is 0 Å². The summed E-state index contributed by atoms with van der Waals surface area (Å²) in [5, 5.41) is 0. The van der Waals surface area contributed by atoms with Gasteiger partial charge >= 0.3 is 0 Å². The maximum atomic E-state index is 2.40. The van der Waals surface area contributed by atoms with E-state index in [1.165, 1.54) is 12.8 Å². The Labute approximate surface area is 110 Å². The molecule has 0 saturated heterocycles.